The van der Waals surface area contributed by atoms with Crippen molar-refractivity contribution >= 4 is 11.8 Å². The van der Waals surface area contributed by atoms with Crippen LogP contribution in [0.25, 0.3) is 0 Å². The van der Waals surface area contributed by atoms with Crippen molar-refractivity contribution in [2.75, 3.05) is 6.73 Å². The van der Waals surface area contributed by atoms with Crippen molar-refractivity contribution in [3.63, 3.8) is 0 Å². The topological polar surface area (TPSA) is 57.6 Å². The van der Waals surface area contributed by atoms with E-state index >= 15 is 0 Å². The molecule has 0 aliphatic carbocycles. The highest BCUT2D eigenvalue weighted by molar-refractivity contribution is 6.03. The Balaban J connectivity index is 4.45. The Morgan fingerprint density at radius 1 is 1.50 bits per heavy atom. The lowest BCUT2D eigenvalue weighted by Crippen LogP contribution is -2.37. The van der Waals surface area contributed by atoms with Crippen LogP contribution in [0.1, 0.15) is 20.3 Å². The van der Waals surface area contributed by atoms with Gasteiger partial charge in [-0.05, 0) is 6.92 Å². The molecule has 2 amide bonds. The number of aliphatic hydroxyl groups excluding tert-OH is 1. The minimum Gasteiger partial charge on any atom is -0.376 e. The zero-order valence-electron chi connectivity index (χ0n) is 7.33. The van der Waals surface area contributed by atoms with Crippen molar-refractivity contribution in [2.24, 2.45) is 0 Å². The highest BCUT2D eigenvalue weighted by Gasteiger charge is 2.18. The number of amides is 2. The van der Waals surface area contributed by atoms with Crippen molar-refractivity contribution in [1.82, 2.24) is 4.90 Å². The Kier molecular flexibility index (Phi) is 4.21. The lowest BCUT2D eigenvalue weighted by molar-refractivity contribution is -0.146. The SMILES string of the molecule is C=C(C)C(=O)N(CO)C(=O)CC. The summed E-state index contributed by atoms with van der Waals surface area (Å²) in [6, 6.07) is 0. The van der Waals surface area contributed by atoms with Crippen LogP contribution in [0.2, 0.25) is 0 Å². The predicted octanol–water partition coefficient (Wildman–Crippen LogP) is 0.278. The number of carbonyl (C=O) groups is 2. The number of nitrogens with zero attached hydrogens (tertiary/aromatic N) is 1. The summed E-state index contributed by atoms with van der Waals surface area (Å²) in [5.41, 5.74) is 0.242. The van der Waals surface area contributed by atoms with Gasteiger partial charge >= 0.3 is 0 Å². The van der Waals surface area contributed by atoms with Crippen molar-refractivity contribution in [2.45, 2.75) is 20.3 Å². The van der Waals surface area contributed by atoms with Crippen molar-refractivity contribution < 1.29 is 14.7 Å². The van der Waals surface area contributed by atoms with Crippen LogP contribution in [0.5, 0.6) is 0 Å². The second-order valence-corrected chi connectivity index (χ2v) is 2.40. The van der Waals surface area contributed by atoms with Gasteiger partial charge in [-0.3, -0.25) is 14.5 Å². The monoisotopic (exact) mass is 171 g/mol. The first kappa shape index (κ1) is 10.8. The maximum Gasteiger partial charge on any atom is 0.257 e. The minimum atomic E-state index is -0.585. The van der Waals surface area contributed by atoms with Gasteiger partial charge in [-0.25, -0.2) is 0 Å². The van der Waals surface area contributed by atoms with E-state index < -0.39 is 18.5 Å². The van der Waals surface area contributed by atoms with E-state index in [4.69, 9.17) is 5.11 Å². The van der Waals surface area contributed by atoms with Crippen LogP contribution in [-0.4, -0.2) is 28.6 Å². The molecule has 68 valence electrons. The van der Waals surface area contributed by atoms with Gasteiger partial charge in [-0.2, -0.15) is 0 Å². The number of aliphatic hydroxyl groups is 1. The average molecular weight is 171 g/mol. The summed E-state index contributed by atoms with van der Waals surface area (Å²) >= 11 is 0. The van der Waals surface area contributed by atoms with Crippen LogP contribution in [-0.2, 0) is 9.59 Å². The highest BCUT2D eigenvalue weighted by Crippen LogP contribution is 2.00. The molecule has 0 heterocycles. The molecule has 4 heteroatoms. The van der Waals surface area contributed by atoms with Crippen molar-refractivity contribution in [3.8, 4) is 0 Å². The number of hydrogen-bond donors (Lipinski definition) is 1. The highest BCUT2D eigenvalue weighted by atomic mass is 16.3. The third kappa shape index (κ3) is 2.47. The summed E-state index contributed by atoms with van der Waals surface area (Å²) in [6.07, 6.45) is 0.194. The summed E-state index contributed by atoms with van der Waals surface area (Å²) in [4.78, 5) is 22.9. The second-order valence-electron chi connectivity index (χ2n) is 2.40. The summed E-state index contributed by atoms with van der Waals surface area (Å²) in [7, 11) is 0. The van der Waals surface area contributed by atoms with Gasteiger partial charge in [-0.1, -0.05) is 13.5 Å². The summed E-state index contributed by atoms with van der Waals surface area (Å²) < 4.78 is 0. The molecule has 0 spiro atoms. The predicted molar refractivity (Wildman–Crippen MR) is 44.0 cm³/mol. The number of rotatable bonds is 3. The summed E-state index contributed by atoms with van der Waals surface area (Å²) in [5.74, 6) is -0.921. The molecule has 12 heavy (non-hydrogen) atoms. The molecule has 0 bridgehead atoms. The van der Waals surface area contributed by atoms with E-state index in [1.807, 2.05) is 0 Å². The van der Waals surface area contributed by atoms with Crippen LogP contribution in [0.4, 0.5) is 0 Å². The third-order valence-corrected chi connectivity index (χ3v) is 1.36. The maximum atomic E-state index is 11.1. The Labute approximate surface area is 71.5 Å². The van der Waals surface area contributed by atoms with E-state index in [0.29, 0.717) is 0 Å². The Morgan fingerprint density at radius 2 is 2.00 bits per heavy atom. The molecule has 0 saturated heterocycles. The maximum absolute atomic E-state index is 11.1. The fourth-order valence-electron chi connectivity index (χ4n) is 0.678. The van der Waals surface area contributed by atoms with Crippen molar-refractivity contribution in [1.29, 1.82) is 0 Å². The van der Waals surface area contributed by atoms with Gasteiger partial charge in [-0.15, -0.1) is 0 Å². The van der Waals surface area contributed by atoms with Gasteiger partial charge < -0.3 is 5.11 Å². The molecule has 4 nitrogen and oxygen atoms in total. The van der Waals surface area contributed by atoms with Gasteiger partial charge in [0.15, 0.2) is 0 Å². The largest absolute Gasteiger partial charge is 0.376 e. The summed E-state index contributed by atoms with van der Waals surface area (Å²) in [6.45, 7) is 5.92. The summed E-state index contributed by atoms with van der Waals surface area (Å²) in [5, 5.41) is 8.69. The molecule has 0 aliphatic rings. The third-order valence-electron chi connectivity index (χ3n) is 1.36. The average Bonchev–Trinajstić information content (AvgIpc) is 2.05. The molecule has 0 aromatic carbocycles. The zero-order chi connectivity index (χ0) is 9.72. The van der Waals surface area contributed by atoms with E-state index in [9.17, 15) is 9.59 Å². The fourth-order valence-corrected chi connectivity index (χ4v) is 0.678. The van der Waals surface area contributed by atoms with Crippen molar-refractivity contribution in [3.05, 3.63) is 12.2 Å². The van der Waals surface area contributed by atoms with Gasteiger partial charge in [0.05, 0.1) is 0 Å². The van der Waals surface area contributed by atoms with E-state index in [1.165, 1.54) is 6.92 Å². The van der Waals surface area contributed by atoms with E-state index in [2.05, 4.69) is 6.58 Å². The van der Waals surface area contributed by atoms with Crippen LogP contribution in [0.15, 0.2) is 12.2 Å². The van der Waals surface area contributed by atoms with Gasteiger partial charge in [0, 0.05) is 12.0 Å². The van der Waals surface area contributed by atoms with Crippen LogP contribution in [0.3, 0.4) is 0 Å². The van der Waals surface area contributed by atoms with Crippen LogP contribution >= 0.6 is 0 Å². The second kappa shape index (κ2) is 4.66. The van der Waals surface area contributed by atoms with Crippen LogP contribution < -0.4 is 0 Å². The standard InChI is InChI=1S/C8H13NO3/c1-4-7(11)9(5-10)8(12)6(2)3/h10H,2,4-5H2,1,3H3. The first-order valence-corrected chi connectivity index (χ1v) is 3.65. The van der Waals surface area contributed by atoms with E-state index in [-0.39, 0.29) is 12.0 Å². The fraction of sp³-hybridized carbons (Fsp3) is 0.500. The first-order chi connectivity index (χ1) is 5.54. The number of hydrogen-bond acceptors (Lipinski definition) is 3. The number of carbonyl (C=O) groups excluding carboxylic acids is 2. The Bertz CT molecular complexity index is 210. The molecule has 0 saturated carbocycles. The van der Waals surface area contributed by atoms with Crippen LogP contribution in [0, 0.1) is 0 Å². The normalized spacial score (nSPS) is 9.25. The lowest BCUT2D eigenvalue weighted by Gasteiger charge is -2.16. The quantitative estimate of drug-likeness (QED) is 0.490. The molecule has 0 rings (SSSR count). The molecule has 0 aromatic rings. The molecular weight excluding hydrogens is 158 g/mol. The molecule has 1 N–H and O–H groups in total. The first-order valence-electron chi connectivity index (χ1n) is 3.65. The smallest absolute Gasteiger partial charge is 0.257 e. The zero-order valence-corrected chi connectivity index (χ0v) is 7.33. The number of imide groups is 1. The Morgan fingerprint density at radius 3 is 2.25 bits per heavy atom. The molecule has 0 atom stereocenters. The molecular formula is C8H13NO3. The molecule has 0 radical (unpaired) electrons. The molecule has 0 fully saturated rings. The molecule has 0 aliphatic heterocycles. The van der Waals surface area contributed by atoms with Gasteiger partial charge in [0.1, 0.15) is 6.73 Å². The van der Waals surface area contributed by atoms with Gasteiger partial charge in [0.25, 0.3) is 5.91 Å². The molecule has 0 aromatic heterocycles. The van der Waals surface area contributed by atoms with E-state index in [0.717, 1.165) is 4.90 Å². The lowest BCUT2D eigenvalue weighted by atomic mass is 10.3. The van der Waals surface area contributed by atoms with Gasteiger partial charge in [0.2, 0.25) is 5.91 Å². The molecule has 0 unspecified atom stereocenters. The minimum absolute atomic E-state index is 0.194. The Hall–Kier alpha value is -1.16. The van der Waals surface area contributed by atoms with E-state index in [1.54, 1.807) is 6.92 Å².